The first-order valence-corrected chi connectivity index (χ1v) is 7.01. The maximum absolute atomic E-state index is 12.2. The van der Waals surface area contributed by atoms with Gasteiger partial charge in [-0.2, -0.15) is 8.78 Å². The van der Waals surface area contributed by atoms with Crippen molar-refractivity contribution in [3.63, 3.8) is 0 Å². The Morgan fingerprint density at radius 3 is 2.82 bits per heavy atom. The molecular weight excluding hydrogens is 298 g/mol. The van der Waals surface area contributed by atoms with Gasteiger partial charge in [-0.25, -0.2) is 4.79 Å². The van der Waals surface area contributed by atoms with E-state index in [1.165, 1.54) is 25.3 Å². The van der Waals surface area contributed by atoms with Gasteiger partial charge in [-0.15, -0.1) is 0 Å². The number of benzene rings is 1. The molecule has 5 nitrogen and oxygen atoms in total. The van der Waals surface area contributed by atoms with Crippen LogP contribution in [0.25, 0.3) is 0 Å². The van der Waals surface area contributed by atoms with Crippen molar-refractivity contribution in [2.24, 2.45) is 0 Å². The predicted molar refractivity (Wildman–Crippen MR) is 73.5 cm³/mol. The van der Waals surface area contributed by atoms with Gasteiger partial charge in [0.05, 0.1) is 18.8 Å². The van der Waals surface area contributed by atoms with Crippen LogP contribution in [-0.4, -0.2) is 39.0 Å². The molecule has 122 valence electrons. The summed E-state index contributed by atoms with van der Waals surface area (Å²) in [5.41, 5.74) is 0.203. The van der Waals surface area contributed by atoms with Gasteiger partial charge in [-0.05, 0) is 37.5 Å². The zero-order valence-electron chi connectivity index (χ0n) is 12.2. The molecule has 1 heterocycles. The minimum Gasteiger partial charge on any atom is -0.493 e. The fourth-order valence-electron chi connectivity index (χ4n) is 2.18. The molecule has 1 aromatic carbocycles. The lowest BCUT2D eigenvalue weighted by molar-refractivity contribution is -0.0512. The number of methoxy groups -OCH3 is 1. The van der Waals surface area contributed by atoms with Crippen molar-refractivity contribution in [2.75, 3.05) is 20.3 Å². The number of ether oxygens (including phenoxy) is 4. The van der Waals surface area contributed by atoms with Gasteiger partial charge in [0.2, 0.25) is 0 Å². The van der Waals surface area contributed by atoms with Crippen LogP contribution in [0.2, 0.25) is 0 Å². The second-order valence-electron chi connectivity index (χ2n) is 4.83. The SMILES string of the molecule is COc1cc(C(=O)OCC2CCCCO2)ccc1OC(F)F. The Balaban J connectivity index is 1.96. The minimum absolute atomic E-state index is 0.0451. The van der Waals surface area contributed by atoms with Crippen molar-refractivity contribution < 1.29 is 32.5 Å². The first-order valence-electron chi connectivity index (χ1n) is 7.01. The van der Waals surface area contributed by atoms with Crippen molar-refractivity contribution in [3.8, 4) is 11.5 Å². The van der Waals surface area contributed by atoms with Crippen molar-refractivity contribution >= 4 is 5.97 Å². The molecule has 0 bridgehead atoms. The molecule has 1 saturated heterocycles. The molecule has 1 aliphatic heterocycles. The van der Waals surface area contributed by atoms with Gasteiger partial charge in [-0.1, -0.05) is 0 Å². The highest BCUT2D eigenvalue weighted by atomic mass is 19.3. The molecule has 22 heavy (non-hydrogen) atoms. The first-order chi connectivity index (χ1) is 10.6. The Bertz CT molecular complexity index is 501. The van der Waals surface area contributed by atoms with E-state index in [0.717, 1.165) is 19.3 Å². The molecule has 0 spiro atoms. The molecule has 0 aliphatic carbocycles. The summed E-state index contributed by atoms with van der Waals surface area (Å²) in [4.78, 5) is 12.0. The lowest BCUT2D eigenvalue weighted by Gasteiger charge is -2.22. The van der Waals surface area contributed by atoms with Crippen LogP contribution >= 0.6 is 0 Å². The van der Waals surface area contributed by atoms with E-state index in [1.807, 2.05) is 0 Å². The van der Waals surface area contributed by atoms with E-state index < -0.39 is 12.6 Å². The zero-order valence-corrected chi connectivity index (χ0v) is 12.2. The van der Waals surface area contributed by atoms with Crippen LogP contribution in [0, 0.1) is 0 Å². The third kappa shape index (κ3) is 4.56. The van der Waals surface area contributed by atoms with E-state index >= 15 is 0 Å². The molecule has 1 aliphatic rings. The highest BCUT2D eigenvalue weighted by molar-refractivity contribution is 5.90. The van der Waals surface area contributed by atoms with Gasteiger partial charge in [0.15, 0.2) is 11.5 Å². The van der Waals surface area contributed by atoms with Gasteiger partial charge in [0.25, 0.3) is 0 Å². The van der Waals surface area contributed by atoms with Crippen molar-refractivity contribution in [3.05, 3.63) is 23.8 Å². The van der Waals surface area contributed by atoms with Crippen LogP contribution < -0.4 is 9.47 Å². The predicted octanol–water partition coefficient (Wildman–Crippen LogP) is 3.02. The van der Waals surface area contributed by atoms with E-state index in [9.17, 15) is 13.6 Å². The first kappa shape index (κ1) is 16.5. The third-order valence-corrected chi connectivity index (χ3v) is 3.29. The smallest absolute Gasteiger partial charge is 0.387 e. The summed E-state index contributed by atoms with van der Waals surface area (Å²) >= 11 is 0. The summed E-state index contributed by atoms with van der Waals surface area (Å²) in [6, 6.07) is 3.91. The van der Waals surface area contributed by atoms with E-state index in [0.29, 0.717) is 6.61 Å². The second kappa shape index (κ2) is 7.93. The molecule has 0 amide bonds. The molecule has 1 aromatic rings. The maximum atomic E-state index is 12.2. The Hall–Kier alpha value is -1.89. The summed E-state index contributed by atoms with van der Waals surface area (Å²) in [5.74, 6) is -0.649. The Morgan fingerprint density at radius 2 is 2.18 bits per heavy atom. The van der Waals surface area contributed by atoms with Crippen molar-refractivity contribution in [1.29, 1.82) is 0 Å². The summed E-state index contributed by atoms with van der Waals surface area (Å²) in [5, 5.41) is 0. The van der Waals surface area contributed by atoms with Crippen LogP contribution in [-0.2, 0) is 9.47 Å². The lowest BCUT2D eigenvalue weighted by Crippen LogP contribution is -2.25. The largest absolute Gasteiger partial charge is 0.493 e. The Labute approximate surface area is 127 Å². The summed E-state index contributed by atoms with van der Waals surface area (Å²) in [6.07, 6.45) is 2.85. The molecule has 7 heteroatoms. The van der Waals surface area contributed by atoms with Gasteiger partial charge in [0, 0.05) is 6.61 Å². The maximum Gasteiger partial charge on any atom is 0.387 e. The average molecular weight is 316 g/mol. The fourth-order valence-corrected chi connectivity index (χ4v) is 2.18. The molecule has 1 atom stereocenters. The number of rotatable bonds is 6. The van der Waals surface area contributed by atoms with Gasteiger partial charge in [0.1, 0.15) is 6.61 Å². The lowest BCUT2D eigenvalue weighted by atomic mass is 10.1. The monoisotopic (exact) mass is 316 g/mol. The number of alkyl halides is 2. The minimum atomic E-state index is -2.96. The van der Waals surface area contributed by atoms with Crippen LogP contribution in [0.4, 0.5) is 8.78 Å². The molecule has 0 saturated carbocycles. The topological polar surface area (TPSA) is 54.0 Å². The zero-order chi connectivity index (χ0) is 15.9. The average Bonchev–Trinajstić information content (AvgIpc) is 2.53. The van der Waals surface area contributed by atoms with Crippen molar-refractivity contribution in [2.45, 2.75) is 32.0 Å². The van der Waals surface area contributed by atoms with Gasteiger partial charge in [-0.3, -0.25) is 0 Å². The van der Waals surface area contributed by atoms with E-state index in [1.54, 1.807) is 0 Å². The number of halogens is 2. The molecule has 1 unspecified atom stereocenters. The highest BCUT2D eigenvalue weighted by Crippen LogP contribution is 2.29. The van der Waals surface area contributed by atoms with Crippen LogP contribution in [0.3, 0.4) is 0 Å². The summed E-state index contributed by atoms with van der Waals surface area (Å²) < 4.78 is 44.4. The normalized spacial score (nSPS) is 18.1. The number of esters is 1. The molecule has 2 rings (SSSR count). The highest BCUT2D eigenvalue weighted by Gasteiger charge is 2.18. The number of carbonyl (C=O) groups excluding carboxylic acids is 1. The van der Waals surface area contributed by atoms with Crippen LogP contribution in [0.15, 0.2) is 18.2 Å². The number of hydrogen-bond donors (Lipinski definition) is 0. The molecule has 1 fully saturated rings. The van der Waals surface area contributed by atoms with Crippen LogP contribution in [0.1, 0.15) is 29.6 Å². The Kier molecular flexibility index (Phi) is 5.94. The second-order valence-corrected chi connectivity index (χ2v) is 4.83. The summed E-state index contributed by atoms with van der Waals surface area (Å²) in [6.45, 7) is -2.11. The standard InChI is InChI=1S/C15H18F2O5/c1-19-13-8-10(5-6-12(13)22-15(16)17)14(18)21-9-11-4-2-3-7-20-11/h5-6,8,11,15H,2-4,7,9H2,1H3. The molecular formula is C15H18F2O5. The van der Waals surface area contributed by atoms with E-state index in [4.69, 9.17) is 14.2 Å². The molecule has 0 radical (unpaired) electrons. The van der Waals surface area contributed by atoms with Gasteiger partial charge < -0.3 is 18.9 Å². The van der Waals surface area contributed by atoms with Gasteiger partial charge >= 0.3 is 12.6 Å². The fraction of sp³-hybridized carbons (Fsp3) is 0.533. The molecule has 0 aromatic heterocycles. The number of carbonyl (C=O) groups is 1. The third-order valence-electron chi connectivity index (χ3n) is 3.29. The number of hydrogen-bond acceptors (Lipinski definition) is 5. The van der Waals surface area contributed by atoms with E-state index in [-0.39, 0.29) is 29.8 Å². The van der Waals surface area contributed by atoms with E-state index in [2.05, 4.69) is 4.74 Å². The van der Waals surface area contributed by atoms with Crippen molar-refractivity contribution in [1.82, 2.24) is 0 Å². The molecule has 0 N–H and O–H groups in total. The summed E-state index contributed by atoms with van der Waals surface area (Å²) in [7, 11) is 1.30. The quantitative estimate of drug-likeness (QED) is 0.755. The van der Waals surface area contributed by atoms with Crippen LogP contribution in [0.5, 0.6) is 11.5 Å². The Morgan fingerprint density at radius 1 is 1.36 bits per heavy atom.